The van der Waals surface area contributed by atoms with Gasteiger partial charge in [0.1, 0.15) is 11.6 Å². The van der Waals surface area contributed by atoms with Gasteiger partial charge in [0, 0.05) is 36.3 Å². The minimum atomic E-state index is -0.289. The number of benzene rings is 2. The first-order chi connectivity index (χ1) is 16.1. The van der Waals surface area contributed by atoms with Gasteiger partial charge in [0.05, 0.1) is 41.9 Å². The van der Waals surface area contributed by atoms with Crippen LogP contribution in [0.25, 0.3) is 22.6 Å². The molecule has 166 valence electrons. The third-order valence-corrected chi connectivity index (χ3v) is 5.51. The van der Waals surface area contributed by atoms with Crippen molar-refractivity contribution in [2.45, 2.75) is 13.5 Å². The molecule has 5 aromatic rings. The fourth-order valence-corrected chi connectivity index (χ4v) is 3.93. The maximum Gasteiger partial charge on any atom is 0.161 e. The molecule has 0 atom stereocenters. The molecule has 3 N–H and O–H groups in total. The van der Waals surface area contributed by atoms with Crippen LogP contribution in [0, 0.1) is 12.7 Å². The van der Waals surface area contributed by atoms with Gasteiger partial charge in [-0.15, -0.1) is 0 Å². The van der Waals surface area contributed by atoms with Gasteiger partial charge in [0.2, 0.25) is 0 Å². The number of hydrogen-bond donors (Lipinski definition) is 2. The topological polar surface area (TPSA) is 82.4 Å². The summed E-state index contributed by atoms with van der Waals surface area (Å²) in [5.74, 6) is 0.421. The molecule has 0 fully saturated rings. The molecule has 3 heterocycles. The van der Waals surface area contributed by atoms with Crippen molar-refractivity contribution in [1.82, 2.24) is 18.9 Å². The summed E-state index contributed by atoms with van der Waals surface area (Å²) >= 11 is 0. The van der Waals surface area contributed by atoms with E-state index in [1.165, 1.54) is 12.1 Å². The smallest absolute Gasteiger partial charge is 0.161 e. The number of nitrogens with zero attached hydrogens (tertiary/aromatic N) is 4. The summed E-state index contributed by atoms with van der Waals surface area (Å²) in [7, 11) is 1.64. The van der Waals surface area contributed by atoms with Crippen molar-refractivity contribution >= 4 is 17.0 Å². The van der Waals surface area contributed by atoms with Gasteiger partial charge >= 0.3 is 0 Å². The van der Waals surface area contributed by atoms with Gasteiger partial charge in [0.15, 0.2) is 5.65 Å². The van der Waals surface area contributed by atoms with Crippen molar-refractivity contribution in [2.75, 3.05) is 12.4 Å². The van der Waals surface area contributed by atoms with Crippen molar-refractivity contribution in [3.05, 3.63) is 90.5 Å². The van der Waals surface area contributed by atoms with Gasteiger partial charge in [-0.05, 0) is 55.5 Å². The van der Waals surface area contributed by atoms with Crippen molar-refractivity contribution in [1.29, 1.82) is 0 Å². The Morgan fingerprint density at radius 1 is 1.12 bits per heavy atom. The van der Waals surface area contributed by atoms with Crippen molar-refractivity contribution < 1.29 is 9.13 Å². The molecule has 0 radical (unpaired) electrons. The Kier molecular flexibility index (Phi) is 5.27. The van der Waals surface area contributed by atoms with E-state index in [1.54, 1.807) is 25.6 Å². The summed E-state index contributed by atoms with van der Waals surface area (Å²) in [6, 6.07) is 16.1. The molecule has 0 saturated heterocycles. The molecule has 0 amide bonds. The van der Waals surface area contributed by atoms with Crippen LogP contribution in [0.5, 0.6) is 5.75 Å². The zero-order chi connectivity index (χ0) is 22.9. The van der Waals surface area contributed by atoms with Crippen molar-refractivity contribution in [3.8, 4) is 22.7 Å². The maximum absolute atomic E-state index is 13.4. The van der Waals surface area contributed by atoms with E-state index in [1.807, 2.05) is 58.6 Å². The average Bonchev–Trinajstić information content (AvgIpc) is 3.43. The highest BCUT2D eigenvalue weighted by Crippen LogP contribution is 2.32. The fraction of sp³-hybridized carbons (Fsp3) is 0.120. The molecule has 0 aliphatic carbocycles. The van der Waals surface area contributed by atoms with E-state index in [9.17, 15) is 4.39 Å². The zero-order valence-corrected chi connectivity index (χ0v) is 18.3. The summed E-state index contributed by atoms with van der Waals surface area (Å²) < 4.78 is 22.9. The summed E-state index contributed by atoms with van der Waals surface area (Å²) in [6.45, 7) is 2.24. The van der Waals surface area contributed by atoms with E-state index in [-0.39, 0.29) is 5.82 Å². The molecule has 0 unspecified atom stereocenters. The van der Waals surface area contributed by atoms with Crippen LogP contribution in [0.4, 0.5) is 15.8 Å². The Morgan fingerprint density at radius 3 is 2.64 bits per heavy atom. The number of aromatic nitrogens is 4. The van der Waals surface area contributed by atoms with Crippen LogP contribution in [0.2, 0.25) is 0 Å². The standard InChI is InChI=1S/C25H23FN6O/c1-16-14-31(15-28-16)21-10-9-19(12-23(21)33-2)29-20-4-3-11-32-22(13-27)24(30-25(20)32)17-5-7-18(26)8-6-17/h3-12,14-15,29H,13,27H2,1-2H3. The number of rotatable bonds is 6. The lowest BCUT2D eigenvalue weighted by atomic mass is 10.1. The number of aryl methyl sites for hydroxylation is 1. The summed E-state index contributed by atoms with van der Waals surface area (Å²) in [5, 5.41) is 3.44. The number of ether oxygens (including phenoxy) is 1. The number of pyridine rings is 1. The number of nitrogens with two attached hydrogens (primary N) is 1. The van der Waals surface area contributed by atoms with Crippen LogP contribution in [0.1, 0.15) is 11.4 Å². The second-order valence-electron chi connectivity index (χ2n) is 7.67. The van der Waals surface area contributed by atoms with Gasteiger partial charge in [-0.3, -0.25) is 0 Å². The minimum Gasteiger partial charge on any atom is -0.494 e. The lowest BCUT2D eigenvalue weighted by molar-refractivity contribution is 0.413. The Bertz CT molecular complexity index is 1440. The number of hydrogen-bond acceptors (Lipinski definition) is 5. The van der Waals surface area contributed by atoms with E-state index in [4.69, 9.17) is 15.5 Å². The molecule has 0 saturated carbocycles. The summed E-state index contributed by atoms with van der Waals surface area (Å²) in [4.78, 5) is 9.14. The number of nitrogens with one attached hydrogen (secondary N) is 1. The molecule has 0 aliphatic rings. The predicted octanol–water partition coefficient (Wildman–Crippen LogP) is 4.85. The van der Waals surface area contributed by atoms with Gasteiger partial charge in [-0.2, -0.15) is 0 Å². The number of halogens is 1. The highest BCUT2D eigenvalue weighted by Gasteiger charge is 2.16. The lowest BCUT2D eigenvalue weighted by Crippen LogP contribution is -2.03. The van der Waals surface area contributed by atoms with Crippen molar-refractivity contribution in [2.24, 2.45) is 5.73 Å². The van der Waals surface area contributed by atoms with Gasteiger partial charge in [-0.1, -0.05) is 0 Å². The van der Waals surface area contributed by atoms with Gasteiger partial charge in [-0.25, -0.2) is 14.4 Å². The third kappa shape index (κ3) is 3.81. The lowest BCUT2D eigenvalue weighted by Gasteiger charge is -2.13. The SMILES string of the molecule is COc1cc(Nc2cccn3c(CN)c(-c4ccc(F)cc4)nc23)ccc1-n1cnc(C)c1. The van der Waals surface area contributed by atoms with Crippen LogP contribution >= 0.6 is 0 Å². The number of imidazole rings is 2. The van der Waals surface area contributed by atoms with Crippen LogP contribution in [-0.2, 0) is 6.54 Å². The van der Waals surface area contributed by atoms with E-state index in [0.29, 0.717) is 12.3 Å². The fourth-order valence-electron chi connectivity index (χ4n) is 3.93. The molecule has 0 spiro atoms. The van der Waals surface area contributed by atoms with Crippen LogP contribution in [0.3, 0.4) is 0 Å². The van der Waals surface area contributed by atoms with Crippen molar-refractivity contribution in [3.63, 3.8) is 0 Å². The monoisotopic (exact) mass is 442 g/mol. The Labute approximate surface area is 190 Å². The number of anilines is 2. The summed E-state index contributed by atoms with van der Waals surface area (Å²) in [6.07, 6.45) is 5.63. The minimum absolute atomic E-state index is 0.289. The van der Waals surface area contributed by atoms with Crippen LogP contribution in [0.15, 0.2) is 73.3 Å². The summed E-state index contributed by atoms with van der Waals surface area (Å²) in [5.41, 5.74) is 12.7. The van der Waals surface area contributed by atoms with Crippen LogP contribution < -0.4 is 15.8 Å². The first-order valence-corrected chi connectivity index (χ1v) is 10.5. The van der Waals surface area contributed by atoms with Gasteiger partial charge < -0.3 is 24.8 Å². The zero-order valence-electron chi connectivity index (χ0n) is 18.3. The molecule has 2 aromatic carbocycles. The van der Waals surface area contributed by atoms with E-state index < -0.39 is 0 Å². The van der Waals surface area contributed by atoms with Gasteiger partial charge in [0.25, 0.3) is 0 Å². The highest BCUT2D eigenvalue weighted by atomic mass is 19.1. The predicted molar refractivity (Wildman–Crippen MR) is 127 cm³/mol. The molecular weight excluding hydrogens is 419 g/mol. The van der Waals surface area contributed by atoms with E-state index in [0.717, 1.165) is 45.4 Å². The molecule has 0 aliphatic heterocycles. The quantitative estimate of drug-likeness (QED) is 0.393. The maximum atomic E-state index is 13.4. The number of methoxy groups -OCH3 is 1. The molecule has 0 bridgehead atoms. The normalized spacial score (nSPS) is 11.2. The van der Waals surface area contributed by atoms with E-state index in [2.05, 4.69) is 10.3 Å². The molecule has 3 aromatic heterocycles. The second kappa shape index (κ2) is 8.40. The first kappa shape index (κ1) is 20.7. The molecule has 33 heavy (non-hydrogen) atoms. The Hall–Kier alpha value is -4.17. The Morgan fingerprint density at radius 2 is 1.94 bits per heavy atom. The molecule has 7 nitrogen and oxygen atoms in total. The average molecular weight is 442 g/mol. The third-order valence-electron chi connectivity index (χ3n) is 5.51. The Balaban J connectivity index is 1.55. The van der Waals surface area contributed by atoms with Crippen LogP contribution in [-0.4, -0.2) is 26.0 Å². The molecular formula is C25H23FN6O. The molecule has 5 rings (SSSR count). The molecule has 8 heteroatoms. The first-order valence-electron chi connectivity index (χ1n) is 10.5. The number of fused-ring (bicyclic) bond motifs is 1. The highest BCUT2D eigenvalue weighted by molar-refractivity contribution is 5.79. The largest absolute Gasteiger partial charge is 0.494 e. The second-order valence-corrected chi connectivity index (χ2v) is 7.67. The van der Waals surface area contributed by atoms with E-state index >= 15 is 0 Å².